The van der Waals surface area contributed by atoms with Crippen LogP contribution in [-0.4, -0.2) is 27.0 Å². The van der Waals surface area contributed by atoms with Crippen LogP contribution in [0.25, 0.3) is 0 Å². The van der Waals surface area contributed by atoms with Gasteiger partial charge in [-0.1, -0.05) is 23.2 Å². The minimum absolute atomic E-state index is 0.0903. The first kappa shape index (κ1) is 20.5. The molecule has 0 N–H and O–H groups in total. The lowest BCUT2D eigenvalue weighted by molar-refractivity contribution is -0.145. The highest BCUT2D eigenvalue weighted by Crippen LogP contribution is 2.29. The lowest BCUT2D eigenvalue weighted by Crippen LogP contribution is -2.37. The predicted octanol–water partition coefficient (Wildman–Crippen LogP) is 4.28. The molecule has 2 rings (SSSR count). The van der Waals surface area contributed by atoms with Gasteiger partial charge >= 0.3 is 5.97 Å². The average Bonchev–Trinajstić information content (AvgIpc) is 2.51. The minimum atomic E-state index is -4.19. The van der Waals surface area contributed by atoms with Crippen molar-refractivity contribution in [2.24, 2.45) is 0 Å². The highest BCUT2D eigenvalue weighted by Gasteiger charge is 2.28. The summed E-state index contributed by atoms with van der Waals surface area (Å²) in [6, 6.07) is 8.40. The minimum Gasteiger partial charge on any atom is -0.462 e. The third-order valence-corrected chi connectivity index (χ3v) is 5.40. The van der Waals surface area contributed by atoms with E-state index in [1.165, 1.54) is 18.2 Å². The van der Waals surface area contributed by atoms with Crippen LogP contribution in [0.5, 0.6) is 0 Å². The molecule has 0 unspecified atom stereocenters. The molecule has 0 aliphatic rings. The Morgan fingerprint density at radius 1 is 1.12 bits per heavy atom. The van der Waals surface area contributed by atoms with Gasteiger partial charge in [-0.05, 0) is 56.3 Å². The van der Waals surface area contributed by atoms with E-state index in [9.17, 15) is 17.6 Å². The maximum Gasteiger partial charge on any atom is 0.327 e. The van der Waals surface area contributed by atoms with E-state index >= 15 is 0 Å². The molecule has 26 heavy (non-hydrogen) atoms. The highest BCUT2D eigenvalue weighted by atomic mass is 35.5. The molecule has 0 radical (unpaired) electrons. The maximum absolute atomic E-state index is 13.1. The van der Waals surface area contributed by atoms with Crippen molar-refractivity contribution >= 4 is 44.9 Å². The van der Waals surface area contributed by atoms with Crippen LogP contribution in [0.4, 0.5) is 10.1 Å². The summed E-state index contributed by atoms with van der Waals surface area (Å²) in [7, 11) is -4.19. The molecule has 0 aromatic heterocycles. The molecular formula is C17H16Cl2FNO4S. The molecule has 0 atom stereocenters. The Morgan fingerprint density at radius 2 is 1.65 bits per heavy atom. The Kier molecular flexibility index (Phi) is 6.49. The van der Waals surface area contributed by atoms with Gasteiger partial charge in [-0.2, -0.15) is 0 Å². The first-order chi connectivity index (χ1) is 12.1. The van der Waals surface area contributed by atoms with Gasteiger partial charge in [0.15, 0.2) is 0 Å². The Bertz CT molecular complexity index is 881. The molecule has 0 amide bonds. The van der Waals surface area contributed by atoms with Gasteiger partial charge in [0.25, 0.3) is 10.0 Å². The van der Waals surface area contributed by atoms with Crippen molar-refractivity contribution in [2.45, 2.75) is 24.8 Å². The Morgan fingerprint density at radius 3 is 2.15 bits per heavy atom. The summed E-state index contributed by atoms with van der Waals surface area (Å²) in [5, 5.41) is 0.396. The fourth-order valence-electron chi connectivity index (χ4n) is 2.15. The second kappa shape index (κ2) is 8.24. The molecule has 0 saturated heterocycles. The van der Waals surface area contributed by atoms with E-state index in [0.717, 1.165) is 28.6 Å². The van der Waals surface area contributed by atoms with Crippen LogP contribution in [-0.2, 0) is 19.6 Å². The average molecular weight is 420 g/mol. The zero-order chi connectivity index (χ0) is 19.5. The largest absolute Gasteiger partial charge is 0.462 e. The number of esters is 1. The van der Waals surface area contributed by atoms with Crippen molar-refractivity contribution in [3.05, 3.63) is 58.3 Å². The van der Waals surface area contributed by atoms with Gasteiger partial charge in [-0.25, -0.2) is 12.8 Å². The van der Waals surface area contributed by atoms with E-state index < -0.39 is 34.5 Å². The molecular weight excluding hydrogens is 404 g/mol. The zero-order valence-corrected chi connectivity index (χ0v) is 16.3. The summed E-state index contributed by atoms with van der Waals surface area (Å²) in [5.74, 6) is -1.33. The number of sulfonamides is 1. The van der Waals surface area contributed by atoms with Gasteiger partial charge in [0.2, 0.25) is 0 Å². The molecule has 140 valence electrons. The number of ether oxygens (including phenoxy) is 1. The van der Waals surface area contributed by atoms with E-state index in [-0.39, 0.29) is 20.6 Å². The van der Waals surface area contributed by atoms with Crippen molar-refractivity contribution in [2.75, 3.05) is 10.8 Å². The molecule has 0 heterocycles. The van der Waals surface area contributed by atoms with Crippen LogP contribution < -0.4 is 4.31 Å². The second-order valence-electron chi connectivity index (χ2n) is 5.63. The summed E-state index contributed by atoms with van der Waals surface area (Å²) in [6.07, 6.45) is -0.416. The van der Waals surface area contributed by atoms with Gasteiger partial charge in [-0.3, -0.25) is 9.10 Å². The fraction of sp³-hybridized carbons (Fsp3) is 0.235. The number of hydrogen-bond acceptors (Lipinski definition) is 4. The molecule has 2 aromatic rings. The molecule has 0 aliphatic carbocycles. The lowest BCUT2D eigenvalue weighted by atomic mass is 10.3. The summed E-state index contributed by atoms with van der Waals surface area (Å²) in [5.41, 5.74) is 0.0903. The smallest absolute Gasteiger partial charge is 0.327 e. The quantitative estimate of drug-likeness (QED) is 0.655. The predicted molar refractivity (Wildman–Crippen MR) is 98.6 cm³/mol. The molecule has 0 spiro atoms. The summed E-state index contributed by atoms with van der Waals surface area (Å²) in [6.45, 7) is 2.70. The van der Waals surface area contributed by atoms with Gasteiger partial charge < -0.3 is 4.74 Å². The molecule has 0 fully saturated rings. The van der Waals surface area contributed by atoms with Crippen LogP contribution in [0.15, 0.2) is 47.4 Å². The van der Waals surface area contributed by atoms with Gasteiger partial charge in [-0.15, -0.1) is 0 Å². The number of carbonyl (C=O) groups is 1. The summed E-state index contributed by atoms with van der Waals surface area (Å²) in [4.78, 5) is 11.9. The number of nitrogens with zero attached hydrogens (tertiary/aromatic N) is 1. The van der Waals surface area contributed by atoms with Crippen molar-refractivity contribution in [1.29, 1.82) is 0 Å². The molecule has 2 aromatic carbocycles. The van der Waals surface area contributed by atoms with Crippen molar-refractivity contribution < 1.29 is 22.3 Å². The first-order valence-corrected chi connectivity index (χ1v) is 9.73. The van der Waals surface area contributed by atoms with E-state index in [1.807, 2.05) is 0 Å². The van der Waals surface area contributed by atoms with Crippen LogP contribution in [0.1, 0.15) is 13.8 Å². The normalized spacial score (nSPS) is 11.5. The number of benzene rings is 2. The Labute approximate surface area is 161 Å². The third kappa shape index (κ3) is 5.09. The standard InChI is InChI=1S/C17H16Cl2FNO4S/c1-11(2)25-17(22)10-21(15-8-12(18)7-13(19)9-15)26(23,24)16-5-3-14(20)4-6-16/h3-9,11H,10H2,1-2H3. The van der Waals surface area contributed by atoms with E-state index in [4.69, 9.17) is 27.9 Å². The Balaban J connectivity index is 2.51. The molecule has 5 nitrogen and oxygen atoms in total. The van der Waals surface area contributed by atoms with E-state index in [1.54, 1.807) is 13.8 Å². The van der Waals surface area contributed by atoms with Crippen LogP contribution in [0.3, 0.4) is 0 Å². The topological polar surface area (TPSA) is 63.7 Å². The molecule has 9 heteroatoms. The molecule has 0 aliphatic heterocycles. The maximum atomic E-state index is 13.1. The highest BCUT2D eigenvalue weighted by molar-refractivity contribution is 7.92. The first-order valence-electron chi connectivity index (χ1n) is 7.53. The Hall–Kier alpha value is -1.83. The number of hydrogen-bond donors (Lipinski definition) is 0. The number of carbonyl (C=O) groups excluding carboxylic acids is 1. The summed E-state index contributed by atoms with van der Waals surface area (Å²) >= 11 is 11.9. The van der Waals surface area contributed by atoms with Gasteiger partial charge in [0.1, 0.15) is 12.4 Å². The number of rotatable bonds is 6. The van der Waals surface area contributed by atoms with Crippen molar-refractivity contribution in [3.63, 3.8) is 0 Å². The molecule has 0 saturated carbocycles. The zero-order valence-electron chi connectivity index (χ0n) is 13.9. The summed E-state index contributed by atoms with van der Waals surface area (Å²) < 4.78 is 45.0. The van der Waals surface area contributed by atoms with Gasteiger partial charge in [0.05, 0.1) is 16.7 Å². The van der Waals surface area contributed by atoms with E-state index in [0.29, 0.717) is 0 Å². The van der Waals surface area contributed by atoms with Crippen LogP contribution in [0, 0.1) is 5.82 Å². The monoisotopic (exact) mass is 419 g/mol. The second-order valence-corrected chi connectivity index (χ2v) is 8.37. The lowest BCUT2D eigenvalue weighted by Gasteiger charge is -2.24. The molecule has 0 bridgehead atoms. The van der Waals surface area contributed by atoms with Gasteiger partial charge in [0, 0.05) is 10.0 Å². The SMILES string of the molecule is CC(C)OC(=O)CN(c1cc(Cl)cc(Cl)c1)S(=O)(=O)c1ccc(F)cc1. The van der Waals surface area contributed by atoms with Crippen LogP contribution in [0.2, 0.25) is 10.0 Å². The fourth-order valence-corrected chi connectivity index (χ4v) is 4.06. The third-order valence-electron chi connectivity index (χ3n) is 3.18. The van der Waals surface area contributed by atoms with E-state index in [2.05, 4.69) is 0 Å². The number of halogens is 3. The van der Waals surface area contributed by atoms with Crippen molar-refractivity contribution in [1.82, 2.24) is 0 Å². The number of anilines is 1. The van der Waals surface area contributed by atoms with Crippen molar-refractivity contribution in [3.8, 4) is 0 Å². The van der Waals surface area contributed by atoms with Crippen LogP contribution >= 0.6 is 23.2 Å².